The highest BCUT2D eigenvalue weighted by molar-refractivity contribution is 5.97. The number of benzene rings is 2. The number of ether oxygens (including phenoxy) is 3. The van der Waals surface area contributed by atoms with Crippen LogP contribution in [0, 0.1) is 0 Å². The lowest BCUT2D eigenvalue weighted by atomic mass is 9.79. The number of halogens is 3. The van der Waals surface area contributed by atoms with E-state index in [1.807, 2.05) is 0 Å². The molecular formula is C20H14F3NO4. The van der Waals surface area contributed by atoms with E-state index < -0.39 is 23.6 Å². The summed E-state index contributed by atoms with van der Waals surface area (Å²) in [6.07, 6.45) is -4.56. The number of rotatable bonds is 1. The van der Waals surface area contributed by atoms with Crippen molar-refractivity contribution >= 4 is 11.7 Å². The molecule has 2 aromatic rings. The van der Waals surface area contributed by atoms with E-state index in [9.17, 15) is 18.0 Å². The minimum Gasteiger partial charge on any atom is -0.486 e. The Hall–Kier alpha value is -3.16. The van der Waals surface area contributed by atoms with E-state index in [0.29, 0.717) is 41.7 Å². The summed E-state index contributed by atoms with van der Waals surface area (Å²) in [4.78, 5) is 12.4. The first-order valence-corrected chi connectivity index (χ1v) is 8.70. The van der Waals surface area contributed by atoms with Gasteiger partial charge in [-0.15, -0.1) is 0 Å². The fourth-order valence-electron chi connectivity index (χ4n) is 3.91. The zero-order valence-corrected chi connectivity index (χ0v) is 14.4. The van der Waals surface area contributed by atoms with Crippen LogP contribution in [-0.4, -0.2) is 25.8 Å². The molecule has 5 nitrogen and oxygen atoms in total. The van der Waals surface area contributed by atoms with Crippen LogP contribution in [0.5, 0.6) is 11.5 Å². The first-order valence-electron chi connectivity index (χ1n) is 8.70. The van der Waals surface area contributed by atoms with E-state index in [-0.39, 0.29) is 17.7 Å². The molecule has 1 unspecified atom stereocenters. The molecule has 8 heteroatoms. The Morgan fingerprint density at radius 1 is 0.964 bits per heavy atom. The Morgan fingerprint density at radius 3 is 2.43 bits per heavy atom. The van der Waals surface area contributed by atoms with Crippen LogP contribution in [0.3, 0.4) is 0 Å². The molecule has 0 bridgehead atoms. The molecule has 2 aromatic carbocycles. The molecule has 1 N–H and O–H groups in total. The summed E-state index contributed by atoms with van der Waals surface area (Å²) >= 11 is 0. The van der Waals surface area contributed by atoms with E-state index in [0.717, 1.165) is 6.07 Å². The molecule has 0 aliphatic carbocycles. The standard InChI is InChI=1S/C20H14F3NO4/c21-20(22,23)12-4-2-1-3-10(12)17-11-7-15-16(27-6-5-26-15)8-13(11)24-14-9-28-19(25)18(14)17/h1-4,7-8,17,24H,5-6,9H2. The van der Waals surface area contributed by atoms with Crippen molar-refractivity contribution < 1.29 is 32.2 Å². The molecule has 0 spiro atoms. The molecule has 3 aliphatic rings. The van der Waals surface area contributed by atoms with Crippen LogP contribution in [0.25, 0.3) is 0 Å². The van der Waals surface area contributed by atoms with E-state index in [4.69, 9.17) is 14.2 Å². The predicted molar refractivity (Wildman–Crippen MR) is 92.3 cm³/mol. The summed E-state index contributed by atoms with van der Waals surface area (Å²) < 4.78 is 57.4. The van der Waals surface area contributed by atoms with Crippen LogP contribution >= 0.6 is 0 Å². The van der Waals surface area contributed by atoms with Gasteiger partial charge >= 0.3 is 12.1 Å². The summed E-state index contributed by atoms with van der Waals surface area (Å²) in [5, 5.41) is 3.11. The smallest absolute Gasteiger partial charge is 0.416 e. The number of esters is 1. The summed E-state index contributed by atoms with van der Waals surface area (Å²) in [5.41, 5.74) is 0.967. The number of carbonyl (C=O) groups excluding carboxylic acids is 1. The highest BCUT2D eigenvalue weighted by Crippen LogP contribution is 2.50. The molecule has 5 rings (SSSR count). The molecule has 1 atom stereocenters. The monoisotopic (exact) mass is 389 g/mol. The molecule has 0 amide bonds. The summed E-state index contributed by atoms with van der Waals surface area (Å²) in [5.74, 6) is -0.591. The van der Waals surface area contributed by atoms with Gasteiger partial charge in [-0.05, 0) is 23.3 Å². The number of nitrogens with one attached hydrogen (secondary N) is 1. The molecule has 28 heavy (non-hydrogen) atoms. The molecule has 0 aromatic heterocycles. The third-order valence-corrected chi connectivity index (χ3v) is 5.07. The molecule has 0 radical (unpaired) electrons. The number of alkyl halides is 3. The molecule has 3 heterocycles. The van der Waals surface area contributed by atoms with Crippen LogP contribution in [0.1, 0.15) is 22.6 Å². The maximum Gasteiger partial charge on any atom is 0.416 e. The van der Waals surface area contributed by atoms with Crippen molar-refractivity contribution in [3.8, 4) is 11.5 Å². The molecule has 0 saturated heterocycles. The van der Waals surface area contributed by atoms with Gasteiger partial charge in [-0.2, -0.15) is 13.2 Å². The predicted octanol–water partition coefficient (Wildman–Crippen LogP) is 3.84. The SMILES string of the molecule is O=C1OCC2=C1C(c1ccccc1C(F)(F)F)c1cc3c(cc1N2)OCCO3. The maximum absolute atomic E-state index is 13.7. The van der Waals surface area contributed by atoms with Gasteiger partial charge in [0.15, 0.2) is 11.5 Å². The lowest BCUT2D eigenvalue weighted by molar-refractivity contribution is -0.139. The van der Waals surface area contributed by atoms with Crippen molar-refractivity contribution in [3.05, 3.63) is 64.4 Å². The average Bonchev–Trinajstić information content (AvgIpc) is 3.04. The highest BCUT2D eigenvalue weighted by Gasteiger charge is 2.43. The number of carbonyl (C=O) groups is 1. The molecular weight excluding hydrogens is 375 g/mol. The van der Waals surface area contributed by atoms with E-state index in [1.165, 1.54) is 18.2 Å². The first-order chi connectivity index (χ1) is 13.4. The zero-order chi connectivity index (χ0) is 19.5. The van der Waals surface area contributed by atoms with Gasteiger partial charge in [0.25, 0.3) is 0 Å². The van der Waals surface area contributed by atoms with Crippen LogP contribution in [0.15, 0.2) is 47.7 Å². The average molecular weight is 389 g/mol. The quantitative estimate of drug-likeness (QED) is 0.751. The Bertz CT molecular complexity index is 1030. The molecule has 144 valence electrons. The van der Waals surface area contributed by atoms with Crippen molar-refractivity contribution in [2.45, 2.75) is 12.1 Å². The first kappa shape index (κ1) is 17.0. The van der Waals surface area contributed by atoms with Gasteiger partial charge < -0.3 is 19.5 Å². The van der Waals surface area contributed by atoms with Crippen molar-refractivity contribution in [3.63, 3.8) is 0 Å². The van der Waals surface area contributed by atoms with Crippen molar-refractivity contribution in [2.24, 2.45) is 0 Å². The van der Waals surface area contributed by atoms with Gasteiger partial charge in [-0.1, -0.05) is 18.2 Å². The van der Waals surface area contributed by atoms with Crippen LogP contribution < -0.4 is 14.8 Å². The van der Waals surface area contributed by atoms with Gasteiger partial charge in [0.05, 0.1) is 16.8 Å². The Labute approximate surface area is 157 Å². The number of cyclic esters (lactones) is 1. The van der Waals surface area contributed by atoms with Gasteiger partial charge in [-0.3, -0.25) is 0 Å². The van der Waals surface area contributed by atoms with Crippen molar-refractivity contribution in [1.82, 2.24) is 0 Å². The zero-order valence-electron chi connectivity index (χ0n) is 14.4. The number of hydrogen-bond donors (Lipinski definition) is 1. The number of anilines is 1. The van der Waals surface area contributed by atoms with E-state index in [1.54, 1.807) is 12.1 Å². The van der Waals surface area contributed by atoms with Crippen LogP contribution in [0.2, 0.25) is 0 Å². The fourth-order valence-corrected chi connectivity index (χ4v) is 3.91. The van der Waals surface area contributed by atoms with Crippen molar-refractivity contribution in [2.75, 3.05) is 25.1 Å². The highest BCUT2D eigenvalue weighted by atomic mass is 19.4. The third kappa shape index (κ3) is 2.51. The Kier molecular flexibility index (Phi) is 3.59. The second-order valence-corrected chi connectivity index (χ2v) is 6.69. The maximum atomic E-state index is 13.7. The largest absolute Gasteiger partial charge is 0.486 e. The topological polar surface area (TPSA) is 56.8 Å². The fraction of sp³-hybridized carbons (Fsp3) is 0.250. The molecule has 0 fully saturated rings. The summed E-state index contributed by atoms with van der Waals surface area (Å²) in [6, 6.07) is 8.63. The second-order valence-electron chi connectivity index (χ2n) is 6.69. The van der Waals surface area contributed by atoms with Crippen LogP contribution in [-0.2, 0) is 15.7 Å². The van der Waals surface area contributed by atoms with Gasteiger partial charge in [0.2, 0.25) is 0 Å². The summed E-state index contributed by atoms with van der Waals surface area (Å²) in [7, 11) is 0. The van der Waals surface area contributed by atoms with E-state index in [2.05, 4.69) is 5.32 Å². The Morgan fingerprint density at radius 2 is 1.68 bits per heavy atom. The molecule has 0 saturated carbocycles. The number of fused-ring (bicyclic) bond motifs is 2. The van der Waals surface area contributed by atoms with E-state index >= 15 is 0 Å². The van der Waals surface area contributed by atoms with Gasteiger partial charge in [0, 0.05) is 17.7 Å². The second kappa shape index (κ2) is 5.92. The van der Waals surface area contributed by atoms with Crippen LogP contribution in [0.4, 0.5) is 18.9 Å². The Balaban J connectivity index is 1.76. The minimum atomic E-state index is -4.56. The van der Waals surface area contributed by atoms with Crippen molar-refractivity contribution in [1.29, 1.82) is 0 Å². The minimum absolute atomic E-state index is 0.000720. The summed E-state index contributed by atoms with van der Waals surface area (Å²) in [6.45, 7) is 0.730. The van der Waals surface area contributed by atoms with Gasteiger partial charge in [0.1, 0.15) is 19.8 Å². The normalized spacial score (nSPS) is 20.2. The lowest BCUT2D eigenvalue weighted by Gasteiger charge is -2.30. The number of hydrogen-bond acceptors (Lipinski definition) is 5. The van der Waals surface area contributed by atoms with Gasteiger partial charge in [-0.25, -0.2) is 4.79 Å². The third-order valence-electron chi connectivity index (χ3n) is 5.07. The lowest BCUT2D eigenvalue weighted by Crippen LogP contribution is -2.23. The molecule has 3 aliphatic heterocycles.